The van der Waals surface area contributed by atoms with Gasteiger partial charge >= 0.3 is 6.18 Å². The molecule has 0 fully saturated rings. The minimum absolute atomic E-state index is 0.250. The molecule has 0 aliphatic rings. The van der Waals surface area contributed by atoms with Gasteiger partial charge in [-0.1, -0.05) is 48.5 Å². The number of rotatable bonds is 3. The highest BCUT2D eigenvalue weighted by molar-refractivity contribution is 5.87. The summed E-state index contributed by atoms with van der Waals surface area (Å²) in [5, 5.41) is 12.1. The average Bonchev–Trinajstić information content (AvgIpc) is 3.21. The zero-order valence-corrected chi connectivity index (χ0v) is 16.5. The Kier molecular flexibility index (Phi) is 4.53. The lowest BCUT2D eigenvalue weighted by molar-refractivity contribution is -0.247. The molecular weight excluding hydrogens is 420 g/mol. The maximum absolute atomic E-state index is 14.4. The Bertz CT molecular complexity index is 1440. The van der Waals surface area contributed by atoms with E-state index in [0.29, 0.717) is 22.0 Å². The molecule has 1 unspecified atom stereocenters. The number of aromatic nitrogens is 2. The minimum Gasteiger partial charge on any atom is -0.372 e. The third-order valence-corrected chi connectivity index (χ3v) is 5.66. The van der Waals surface area contributed by atoms with Gasteiger partial charge in [0, 0.05) is 11.3 Å². The second kappa shape index (κ2) is 7.17. The van der Waals surface area contributed by atoms with Gasteiger partial charge in [0.05, 0.1) is 11.0 Å². The number of hydrogen-bond acceptors (Lipinski definition) is 2. The lowest BCUT2D eigenvalue weighted by atomic mass is 9.82. The smallest absolute Gasteiger partial charge is 0.372 e. The zero-order chi connectivity index (χ0) is 22.5. The fourth-order valence-electron chi connectivity index (χ4n) is 4.06. The van der Waals surface area contributed by atoms with Crippen LogP contribution in [0, 0.1) is 5.82 Å². The van der Waals surface area contributed by atoms with E-state index in [2.05, 4.69) is 4.98 Å². The van der Waals surface area contributed by atoms with E-state index in [-0.39, 0.29) is 16.6 Å². The highest BCUT2D eigenvalue weighted by Gasteiger charge is 2.57. The number of halogens is 4. The summed E-state index contributed by atoms with van der Waals surface area (Å²) in [6, 6.07) is 20.7. The standard InChI is InChI=1S/C25H16F4N2O/c26-18-9-11-19(12-10-18)31-15-30-22-14-17(8-13-23(22)31)24(32,25(27,28)29)21-7-3-5-16-4-1-2-6-20(16)21/h1-15,32H. The van der Waals surface area contributed by atoms with Crippen molar-refractivity contribution >= 4 is 21.8 Å². The minimum atomic E-state index is -4.98. The maximum atomic E-state index is 14.4. The van der Waals surface area contributed by atoms with Crippen LogP contribution in [0.2, 0.25) is 0 Å². The van der Waals surface area contributed by atoms with Crippen LogP contribution in [0.15, 0.2) is 91.3 Å². The Balaban J connectivity index is 1.71. The van der Waals surface area contributed by atoms with E-state index >= 15 is 0 Å². The molecule has 32 heavy (non-hydrogen) atoms. The Morgan fingerprint density at radius 3 is 2.28 bits per heavy atom. The Morgan fingerprint density at radius 1 is 0.812 bits per heavy atom. The molecule has 0 aliphatic heterocycles. The summed E-state index contributed by atoms with van der Waals surface area (Å²) in [4.78, 5) is 4.22. The molecule has 0 saturated carbocycles. The number of benzene rings is 4. The first-order chi connectivity index (χ1) is 15.3. The molecule has 3 nitrogen and oxygen atoms in total. The molecule has 0 bridgehead atoms. The first-order valence-corrected chi connectivity index (χ1v) is 9.80. The van der Waals surface area contributed by atoms with E-state index in [1.54, 1.807) is 47.0 Å². The first kappa shape index (κ1) is 20.2. The van der Waals surface area contributed by atoms with Crippen molar-refractivity contribution in [2.45, 2.75) is 11.8 Å². The predicted octanol–water partition coefficient (Wildman–Crippen LogP) is 6.12. The van der Waals surface area contributed by atoms with Gasteiger partial charge in [-0.05, 0) is 52.7 Å². The quantitative estimate of drug-likeness (QED) is 0.346. The molecule has 0 amide bonds. The predicted molar refractivity (Wildman–Crippen MR) is 114 cm³/mol. The molecule has 0 spiro atoms. The number of imidazole rings is 1. The second-order valence-electron chi connectivity index (χ2n) is 7.53. The molecule has 1 N–H and O–H groups in total. The highest BCUT2D eigenvalue weighted by atomic mass is 19.4. The van der Waals surface area contributed by atoms with Gasteiger partial charge in [-0.3, -0.25) is 4.57 Å². The number of hydrogen-bond donors (Lipinski definition) is 1. The molecule has 1 heterocycles. The van der Waals surface area contributed by atoms with Crippen molar-refractivity contribution < 1.29 is 22.7 Å². The van der Waals surface area contributed by atoms with Crippen molar-refractivity contribution in [1.82, 2.24) is 9.55 Å². The van der Waals surface area contributed by atoms with E-state index < -0.39 is 17.6 Å². The fraction of sp³-hybridized carbons (Fsp3) is 0.0800. The van der Waals surface area contributed by atoms with Gasteiger partial charge in [-0.2, -0.15) is 13.2 Å². The molecule has 0 saturated heterocycles. The summed E-state index contributed by atoms with van der Waals surface area (Å²) in [5.41, 5.74) is -2.40. The summed E-state index contributed by atoms with van der Waals surface area (Å²) >= 11 is 0. The summed E-state index contributed by atoms with van der Waals surface area (Å²) in [6.45, 7) is 0. The number of nitrogens with zero attached hydrogens (tertiary/aromatic N) is 2. The Morgan fingerprint density at radius 2 is 1.53 bits per heavy atom. The van der Waals surface area contributed by atoms with Crippen LogP contribution in [0.5, 0.6) is 0 Å². The van der Waals surface area contributed by atoms with Crippen molar-refractivity contribution in [1.29, 1.82) is 0 Å². The number of aliphatic hydroxyl groups is 1. The monoisotopic (exact) mass is 436 g/mol. The van der Waals surface area contributed by atoms with E-state index in [1.165, 1.54) is 48.8 Å². The SMILES string of the molecule is OC(c1ccc2c(c1)ncn2-c1ccc(F)cc1)(c1cccc2ccccc12)C(F)(F)F. The summed E-state index contributed by atoms with van der Waals surface area (Å²) in [6.07, 6.45) is -3.53. The van der Waals surface area contributed by atoms with Crippen LogP contribution in [0.1, 0.15) is 11.1 Å². The zero-order valence-electron chi connectivity index (χ0n) is 16.5. The van der Waals surface area contributed by atoms with E-state index in [9.17, 15) is 22.7 Å². The first-order valence-electron chi connectivity index (χ1n) is 9.80. The van der Waals surface area contributed by atoms with Crippen LogP contribution in [0.25, 0.3) is 27.5 Å². The van der Waals surface area contributed by atoms with Crippen LogP contribution in [0.3, 0.4) is 0 Å². The molecule has 0 radical (unpaired) electrons. The summed E-state index contributed by atoms with van der Waals surface area (Å²) in [7, 11) is 0. The topological polar surface area (TPSA) is 38.1 Å². The molecule has 0 aliphatic carbocycles. The Hall–Kier alpha value is -3.71. The van der Waals surface area contributed by atoms with Gasteiger partial charge in [-0.25, -0.2) is 9.37 Å². The Labute approximate surface area is 180 Å². The third-order valence-electron chi connectivity index (χ3n) is 5.66. The van der Waals surface area contributed by atoms with Gasteiger partial charge in [0.15, 0.2) is 0 Å². The normalized spacial score (nSPS) is 14.0. The van der Waals surface area contributed by atoms with E-state index in [4.69, 9.17) is 0 Å². The molecule has 5 aromatic rings. The molecular formula is C25H16F4N2O. The third kappa shape index (κ3) is 3.05. The van der Waals surface area contributed by atoms with Crippen molar-refractivity contribution in [3.63, 3.8) is 0 Å². The molecule has 1 atom stereocenters. The van der Waals surface area contributed by atoms with Gasteiger partial charge in [-0.15, -0.1) is 0 Å². The molecule has 7 heteroatoms. The maximum Gasteiger partial charge on any atom is 0.425 e. The molecule has 4 aromatic carbocycles. The van der Waals surface area contributed by atoms with Crippen LogP contribution in [-0.2, 0) is 5.60 Å². The van der Waals surface area contributed by atoms with Crippen molar-refractivity contribution in [2.24, 2.45) is 0 Å². The second-order valence-corrected chi connectivity index (χ2v) is 7.53. The molecule has 160 valence electrons. The molecule has 1 aromatic heterocycles. The lowest BCUT2D eigenvalue weighted by Crippen LogP contribution is -2.43. The van der Waals surface area contributed by atoms with Crippen molar-refractivity contribution in [2.75, 3.05) is 0 Å². The highest BCUT2D eigenvalue weighted by Crippen LogP contribution is 2.46. The summed E-state index contributed by atoms with van der Waals surface area (Å²) < 4.78 is 58.1. The van der Waals surface area contributed by atoms with Crippen LogP contribution in [-0.4, -0.2) is 20.8 Å². The van der Waals surface area contributed by atoms with Crippen molar-refractivity contribution in [3.05, 3.63) is 108 Å². The van der Waals surface area contributed by atoms with Gasteiger partial charge in [0.2, 0.25) is 5.60 Å². The van der Waals surface area contributed by atoms with Crippen molar-refractivity contribution in [3.8, 4) is 5.69 Å². The number of alkyl halides is 3. The van der Waals surface area contributed by atoms with Gasteiger partial charge in [0.25, 0.3) is 0 Å². The van der Waals surface area contributed by atoms with Gasteiger partial charge < -0.3 is 5.11 Å². The molecule has 5 rings (SSSR count). The van der Waals surface area contributed by atoms with Crippen LogP contribution < -0.4 is 0 Å². The largest absolute Gasteiger partial charge is 0.425 e. The average molecular weight is 436 g/mol. The van der Waals surface area contributed by atoms with E-state index in [0.717, 1.165) is 0 Å². The lowest BCUT2D eigenvalue weighted by Gasteiger charge is -2.32. The van der Waals surface area contributed by atoms with Crippen LogP contribution in [0.4, 0.5) is 17.6 Å². The van der Waals surface area contributed by atoms with Gasteiger partial charge in [0.1, 0.15) is 12.1 Å². The summed E-state index contributed by atoms with van der Waals surface area (Å²) in [5.74, 6) is -0.397. The van der Waals surface area contributed by atoms with Crippen LogP contribution >= 0.6 is 0 Å². The van der Waals surface area contributed by atoms with E-state index in [1.807, 2.05) is 0 Å². The fourth-order valence-corrected chi connectivity index (χ4v) is 4.06. The number of fused-ring (bicyclic) bond motifs is 2.